The van der Waals surface area contributed by atoms with E-state index in [-0.39, 0.29) is 18.4 Å². The quantitative estimate of drug-likeness (QED) is 0.835. The van der Waals surface area contributed by atoms with Crippen LogP contribution < -0.4 is 11.1 Å². The molecule has 1 heterocycles. The minimum atomic E-state index is -0.248. The number of nitrogens with zero attached hydrogens (tertiary/aromatic N) is 1. The van der Waals surface area contributed by atoms with E-state index >= 15 is 0 Å². The average molecular weight is 302 g/mol. The minimum absolute atomic E-state index is 0.159. The third kappa shape index (κ3) is 4.80. The van der Waals surface area contributed by atoms with Gasteiger partial charge in [-0.25, -0.2) is 4.98 Å². The maximum absolute atomic E-state index is 11.7. The highest BCUT2D eigenvalue weighted by Gasteiger charge is 2.13. The van der Waals surface area contributed by atoms with Crippen LogP contribution in [-0.4, -0.2) is 30.1 Å². The molecule has 5 nitrogen and oxygen atoms in total. The van der Waals surface area contributed by atoms with E-state index < -0.39 is 0 Å². The first-order valence-electron chi connectivity index (χ1n) is 5.39. The molecule has 0 aliphatic rings. The number of anilines is 1. The van der Waals surface area contributed by atoms with Crippen LogP contribution in [0.2, 0.25) is 0 Å². The van der Waals surface area contributed by atoms with Gasteiger partial charge in [-0.2, -0.15) is 0 Å². The van der Waals surface area contributed by atoms with Gasteiger partial charge in [0, 0.05) is 19.3 Å². The molecule has 94 valence electrons. The lowest BCUT2D eigenvalue weighted by Gasteiger charge is -2.14. The Morgan fingerprint density at radius 2 is 2.47 bits per heavy atom. The van der Waals surface area contributed by atoms with Gasteiger partial charge in [0.1, 0.15) is 5.82 Å². The molecule has 0 radical (unpaired) electrons. The van der Waals surface area contributed by atoms with E-state index in [1.165, 1.54) is 0 Å². The highest BCUT2D eigenvalue weighted by molar-refractivity contribution is 9.10. The molecular weight excluding hydrogens is 286 g/mol. The molecule has 1 aromatic rings. The summed E-state index contributed by atoms with van der Waals surface area (Å²) in [5.41, 5.74) is 5.50. The largest absolute Gasteiger partial charge is 0.377 e. The molecule has 0 spiro atoms. The van der Waals surface area contributed by atoms with Crippen molar-refractivity contribution in [1.82, 2.24) is 4.98 Å². The Labute approximate surface area is 109 Å². The van der Waals surface area contributed by atoms with E-state index in [0.717, 1.165) is 4.47 Å². The van der Waals surface area contributed by atoms with Crippen molar-refractivity contribution >= 4 is 27.7 Å². The third-order valence-electron chi connectivity index (χ3n) is 2.09. The Kier molecular flexibility index (Phi) is 6.10. The molecule has 1 aromatic heterocycles. The van der Waals surface area contributed by atoms with Crippen molar-refractivity contribution in [1.29, 1.82) is 0 Å². The van der Waals surface area contributed by atoms with Crippen LogP contribution in [0.15, 0.2) is 22.8 Å². The Hall–Kier alpha value is -0.980. The fraction of sp³-hybridized carbons (Fsp3) is 0.455. The topological polar surface area (TPSA) is 77.2 Å². The molecule has 1 unspecified atom stereocenters. The SMILES string of the molecule is CCOC(CN)CC(=O)Nc1ncccc1Br. The highest BCUT2D eigenvalue weighted by Crippen LogP contribution is 2.18. The first-order valence-corrected chi connectivity index (χ1v) is 6.18. The molecule has 0 bridgehead atoms. The molecular formula is C11H16BrN3O2. The maximum Gasteiger partial charge on any atom is 0.228 e. The lowest BCUT2D eigenvalue weighted by molar-refractivity contribution is -0.118. The van der Waals surface area contributed by atoms with Crippen LogP contribution in [0.4, 0.5) is 5.82 Å². The van der Waals surface area contributed by atoms with Crippen molar-refractivity contribution in [3.8, 4) is 0 Å². The van der Waals surface area contributed by atoms with Gasteiger partial charge in [0.2, 0.25) is 5.91 Å². The monoisotopic (exact) mass is 301 g/mol. The number of hydrogen-bond acceptors (Lipinski definition) is 4. The molecule has 1 atom stereocenters. The lowest BCUT2D eigenvalue weighted by Crippen LogP contribution is -2.29. The van der Waals surface area contributed by atoms with E-state index in [9.17, 15) is 4.79 Å². The number of carbonyl (C=O) groups excluding carboxylic acids is 1. The molecule has 3 N–H and O–H groups in total. The van der Waals surface area contributed by atoms with Gasteiger partial charge >= 0.3 is 0 Å². The minimum Gasteiger partial charge on any atom is -0.377 e. The Morgan fingerprint density at radius 1 is 1.71 bits per heavy atom. The number of amides is 1. The number of carbonyl (C=O) groups is 1. The van der Waals surface area contributed by atoms with Crippen molar-refractivity contribution in [3.63, 3.8) is 0 Å². The summed E-state index contributed by atoms with van der Waals surface area (Å²) < 4.78 is 6.06. The fourth-order valence-corrected chi connectivity index (χ4v) is 1.67. The van der Waals surface area contributed by atoms with E-state index in [1.807, 2.05) is 13.0 Å². The summed E-state index contributed by atoms with van der Waals surface area (Å²) in [7, 11) is 0. The first-order chi connectivity index (χ1) is 8.17. The average Bonchev–Trinajstić information content (AvgIpc) is 2.31. The van der Waals surface area contributed by atoms with Crippen molar-refractivity contribution < 1.29 is 9.53 Å². The van der Waals surface area contributed by atoms with Gasteiger partial charge in [0.15, 0.2) is 0 Å². The predicted octanol–water partition coefficient (Wildman–Crippen LogP) is 1.54. The van der Waals surface area contributed by atoms with Gasteiger partial charge < -0.3 is 15.8 Å². The zero-order chi connectivity index (χ0) is 12.7. The molecule has 0 saturated heterocycles. The normalized spacial score (nSPS) is 12.2. The van der Waals surface area contributed by atoms with Crippen molar-refractivity contribution in [3.05, 3.63) is 22.8 Å². The second-order valence-corrected chi connectivity index (χ2v) is 4.25. The van der Waals surface area contributed by atoms with Gasteiger partial charge in [0.05, 0.1) is 17.0 Å². The van der Waals surface area contributed by atoms with Crippen molar-refractivity contribution in [2.24, 2.45) is 5.73 Å². The van der Waals surface area contributed by atoms with E-state index in [2.05, 4.69) is 26.2 Å². The zero-order valence-electron chi connectivity index (χ0n) is 9.65. The smallest absolute Gasteiger partial charge is 0.228 e. The van der Waals surface area contributed by atoms with Gasteiger partial charge in [-0.1, -0.05) is 0 Å². The summed E-state index contributed by atoms with van der Waals surface area (Å²) in [6, 6.07) is 3.59. The fourth-order valence-electron chi connectivity index (χ4n) is 1.31. The van der Waals surface area contributed by atoms with Crippen LogP contribution in [0.1, 0.15) is 13.3 Å². The number of rotatable bonds is 6. The number of nitrogens with two attached hydrogens (primary N) is 1. The van der Waals surface area contributed by atoms with Gasteiger partial charge in [-0.15, -0.1) is 0 Å². The number of nitrogens with one attached hydrogen (secondary N) is 1. The third-order valence-corrected chi connectivity index (χ3v) is 2.73. The second-order valence-electron chi connectivity index (χ2n) is 3.40. The van der Waals surface area contributed by atoms with Crippen LogP contribution >= 0.6 is 15.9 Å². The summed E-state index contributed by atoms with van der Waals surface area (Å²) in [5.74, 6) is 0.345. The molecule has 0 aromatic carbocycles. The Bertz CT molecular complexity index is 373. The van der Waals surface area contributed by atoms with Gasteiger partial charge in [0.25, 0.3) is 0 Å². The summed E-state index contributed by atoms with van der Waals surface area (Å²) in [6.07, 6.45) is 1.60. The summed E-state index contributed by atoms with van der Waals surface area (Å²) in [4.78, 5) is 15.7. The van der Waals surface area contributed by atoms with Crippen molar-refractivity contribution in [2.45, 2.75) is 19.4 Å². The summed E-state index contributed by atoms with van der Waals surface area (Å²) in [6.45, 7) is 2.74. The predicted molar refractivity (Wildman–Crippen MR) is 69.7 cm³/mol. The number of halogens is 1. The molecule has 1 amide bonds. The van der Waals surface area contributed by atoms with Crippen LogP contribution in [0, 0.1) is 0 Å². The Morgan fingerprint density at radius 3 is 3.06 bits per heavy atom. The van der Waals surface area contributed by atoms with Crippen molar-refractivity contribution in [2.75, 3.05) is 18.5 Å². The number of hydrogen-bond donors (Lipinski definition) is 2. The van der Waals surface area contributed by atoms with E-state index in [4.69, 9.17) is 10.5 Å². The molecule has 6 heteroatoms. The Balaban J connectivity index is 2.52. The van der Waals surface area contributed by atoms with Gasteiger partial charge in [-0.05, 0) is 35.0 Å². The maximum atomic E-state index is 11.7. The highest BCUT2D eigenvalue weighted by atomic mass is 79.9. The van der Waals surface area contributed by atoms with E-state index in [0.29, 0.717) is 19.0 Å². The zero-order valence-corrected chi connectivity index (χ0v) is 11.2. The molecule has 17 heavy (non-hydrogen) atoms. The molecule has 0 aliphatic heterocycles. The second kappa shape index (κ2) is 7.37. The molecule has 0 fully saturated rings. The molecule has 0 aliphatic carbocycles. The summed E-state index contributed by atoms with van der Waals surface area (Å²) in [5, 5.41) is 2.70. The summed E-state index contributed by atoms with van der Waals surface area (Å²) >= 11 is 3.31. The molecule has 0 saturated carbocycles. The lowest BCUT2D eigenvalue weighted by atomic mass is 10.2. The number of aromatic nitrogens is 1. The molecule has 1 rings (SSSR count). The van der Waals surface area contributed by atoms with Gasteiger partial charge in [-0.3, -0.25) is 4.79 Å². The van der Waals surface area contributed by atoms with Crippen LogP contribution in [0.25, 0.3) is 0 Å². The van der Waals surface area contributed by atoms with E-state index in [1.54, 1.807) is 12.3 Å². The standard InChI is InChI=1S/C11H16BrN3O2/c1-2-17-8(7-13)6-10(16)15-11-9(12)4-3-5-14-11/h3-5,8H,2,6-7,13H2,1H3,(H,14,15,16). The first kappa shape index (κ1) is 14.1. The van der Waals surface area contributed by atoms with Crippen LogP contribution in [0.3, 0.4) is 0 Å². The number of ether oxygens (including phenoxy) is 1. The van der Waals surface area contributed by atoms with Crippen LogP contribution in [0.5, 0.6) is 0 Å². The van der Waals surface area contributed by atoms with Crippen LogP contribution in [-0.2, 0) is 9.53 Å². The number of pyridine rings is 1.